The SMILES string of the molecule is CCCCC(C)C(=O)N(C)NC(=O)[C@@H]1CCC2CN1C(=O)N2OS(=O)(=O)O. The molecular formula is C15H26N4O7S. The molecule has 4 amide bonds. The van der Waals surface area contributed by atoms with Gasteiger partial charge in [-0.25, -0.2) is 4.79 Å². The Kier molecular flexibility index (Phi) is 6.65. The number of hydrazine groups is 1. The topological polar surface area (TPSA) is 137 Å². The minimum atomic E-state index is -4.84. The molecule has 2 aliphatic heterocycles. The third kappa shape index (κ3) is 5.08. The highest BCUT2D eigenvalue weighted by Crippen LogP contribution is 2.30. The molecule has 2 aliphatic rings. The molecule has 0 radical (unpaired) electrons. The molecule has 2 saturated heterocycles. The molecule has 0 aromatic rings. The normalized spacial score (nSPS) is 23.3. The van der Waals surface area contributed by atoms with Gasteiger partial charge in [0.1, 0.15) is 6.04 Å². The average Bonchev–Trinajstić information content (AvgIpc) is 2.82. The van der Waals surface area contributed by atoms with Gasteiger partial charge in [0.05, 0.1) is 6.04 Å². The molecule has 0 aliphatic carbocycles. The van der Waals surface area contributed by atoms with Crippen molar-refractivity contribution < 1.29 is 31.6 Å². The molecule has 0 aromatic carbocycles. The van der Waals surface area contributed by atoms with Gasteiger partial charge in [0, 0.05) is 19.5 Å². The summed E-state index contributed by atoms with van der Waals surface area (Å²) in [4.78, 5) is 38.3. The van der Waals surface area contributed by atoms with Crippen LogP contribution < -0.4 is 5.43 Å². The smallest absolute Gasteiger partial charge is 0.309 e. The van der Waals surface area contributed by atoms with Gasteiger partial charge in [-0.05, 0) is 19.3 Å². The molecule has 2 bridgehead atoms. The Hall–Kier alpha value is -1.92. The fraction of sp³-hybridized carbons (Fsp3) is 0.800. The summed E-state index contributed by atoms with van der Waals surface area (Å²) in [6.07, 6.45) is 3.19. The summed E-state index contributed by atoms with van der Waals surface area (Å²) in [5.74, 6) is -0.998. The Balaban J connectivity index is 1.98. The largest absolute Gasteiger partial charge is 0.418 e. The van der Waals surface area contributed by atoms with E-state index in [1.54, 1.807) is 6.92 Å². The van der Waals surface area contributed by atoms with Gasteiger partial charge in [-0.2, -0.15) is 13.5 Å². The highest BCUT2D eigenvalue weighted by Gasteiger charge is 2.49. The number of piperidine rings is 1. The Morgan fingerprint density at radius 2 is 2.07 bits per heavy atom. The van der Waals surface area contributed by atoms with E-state index >= 15 is 0 Å². The molecular weight excluding hydrogens is 380 g/mol. The zero-order chi connectivity index (χ0) is 20.4. The number of hydrogen-bond acceptors (Lipinski definition) is 6. The standard InChI is InChI=1S/C15H26N4O7S/c1-4-5-6-10(2)14(21)17(3)16-13(20)12-8-7-11-9-18(12)15(22)19(11)26-27(23,24)25/h10-12H,4-9H2,1-3H3,(H,16,20)(H,23,24,25)/t10?,11?,12-/m0/s1. The summed E-state index contributed by atoms with van der Waals surface area (Å²) >= 11 is 0. The average molecular weight is 406 g/mol. The molecule has 2 unspecified atom stereocenters. The highest BCUT2D eigenvalue weighted by atomic mass is 32.3. The number of fused-ring (bicyclic) bond motifs is 2. The number of hydroxylamine groups is 2. The monoisotopic (exact) mass is 406 g/mol. The van der Waals surface area contributed by atoms with Crippen molar-refractivity contribution in [3.05, 3.63) is 0 Å². The first-order valence-corrected chi connectivity index (χ1v) is 10.3. The second kappa shape index (κ2) is 8.40. The van der Waals surface area contributed by atoms with Gasteiger partial charge in [0.25, 0.3) is 5.91 Å². The zero-order valence-electron chi connectivity index (χ0n) is 15.6. The highest BCUT2D eigenvalue weighted by molar-refractivity contribution is 7.80. The van der Waals surface area contributed by atoms with E-state index in [2.05, 4.69) is 9.71 Å². The Bertz CT molecular complexity index is 698. The van der Waals surface area contributed by atoms with Crippen LogP contribution in [0.5, 0.6) is 0 Å². The molecule has 12 heteroatoms. The van der Waals surface area contributed by atoms with Crippen molar-refractivity contribution in [2.75, 3.05) is 13.6 Å². The maximum Gasteiger partial charge on any atom is 0.418 e. The van der Waals surface area contributed by atoms with E-state index in [-0.39, 0.29) is 24.8 Å². The number of hydrogen-bond donors (Lipinski definition) is 2. The van der Waals surface area contributed by atoms with E-state index in [0.717, 1.165) is 17.9 Å². The van der Waals surface area contributed by atoms with Crippen molar-refractivity contribution in [2.24, 2.45) is 5.92 Å². The molecule has 0 spiro atoms. The number of nitrogens with zero attached hydrogens (tertiary/aromatic N) is 3. The van der Waals surface area contributed by atoms with Crippen LogP contribution in [0.4, 0.5) is 4.79 Å². The van der Waals surface area contributed by atoms with Crippen molar-refractivity contribution in [3.8, 4) is 0 Å². The lowest BCUT2D eigenvalue weighted by atomic mass is 10.0. The van der Waals surface area contributed by atoms with Crippen LogP contribution in [0.25, 0.3) is 0 Å². The van der Waals surface area contributed by atoms with Crippen LogP contribution in [0.1, 0.15) is 46.0 Å². The summed E-state index contributed by atoms with van der Waals surface area (Å²) in [6, 6.07) is -2.25. The van der Waals surface area contributed by atoms with Crippen molar-refractivity contribution in [1.82, 2.24) is 20.4 Å². The third-order valence-electron chi connectivity index (χ3n) is 4.82. The molecule has 27 heavy (non-hydrogen) atoms. The van der Waals surface area contributed by atoms with Crippen molar-refractivity contribution in [1.29, 1.82) is 0 Å². The number of unbranched alkanes of at least 4 members (excludes halogenated alkanes) is 1. The van der Waals surface area contributed by atoms with E-state index in [4.69, 9.17) is 4.55 Å². The molecule has 11 nitrogen and oxygen atoms in total. The van der Waals surface area contributed by atoms with Crippen LogP contribution in [0.2, 0.25) is 0 Å². The van der Waals surface area contributed by atoms with Gasteiger partial charge in [-0.1, -0.05) is 26.7 Å². The quantitative estimate of drug-likeness (QED) is 0.458. The maximum absolute atomic E-state index is 12.5. The van der Waals surface area contributed by atoms with E-state index in [1.165, 1.54) is 11.9 Å². The van der Waals surface area contributed by atoms with E-state index in [1.807, 2.05) is 6.92 Å². The molecule has 2 rings (SSSR count). The first kappa shape index (κ1) is 21.4. The predicted molar refractivity (Wildman–Crippen MR) is 93.0 cm³/mol. The molecule has 0 aromatic heterocycles. The van der Waals surface area contributed by atoms with Crippen LogP contribution >= 0.6 is 0 Å². The summed E-state index contributed by atoms with van der Waals surface area (Å²) in [7, 11) is -3.39. The first-order chi connectivity index (χ1) is 12.5. The lowest BCUT2D eigenvalue weighted by Gasteiger charge is -2.31. The summed E-state index contributed by atoms with van der Waals surface area (Å²) < 4.78 is 34.9. The van der Waals surface area contributed by atoms with E-state index < -0.39 is 34.4 Å². The first-order valence-electron chi connectivity index (χ1n) is 8.90. The van der Waals surface area contributed by atoms with Gasteiger partial charge in [-0.15, -0.1) is 4.28 Å². The number of nitrogens with one attached hydrogen (secondary N) is 1. The summed E-state index contributed by atoms with van der Waals surface area (Å²) in [5, 5.41) is 1.70. The third-order valence-corrected chi connectivity index (χ3v) is 5.17. The number of rotatable bonds is 7. The minimum Gasteiger partial charge on any atom is -0.309 e. The van der Waals surface area contributed by atoms with Crippen molar-refractivity contribution in [2.45, 2.75) is 58.0 Å². The molecule has 2 fully saturated rings. The molecule has 154 valence electrons. The van der Waals surface area contributed by atoms with Gasteiger partial charge >= 0.3 is 16.4 Å². The van der Waals surface area contributed by atoms with Crippen LogP contribution in [0, 0.1) is 5.92 Å². The van der Waals surface area contributed by atoms with Crippen molar-refractivity contribution in [3.63, 3.8) is 0 Å². The summed E-state index contributed by atoms with van der Waals surface area (Å²) in [5.41, 5.74) is 2.50. The van der Waals surface area contributed by atoms with E-state index in [9.17, 15) is 22.8 Å². The Labute approximate surface area is 158 Å². The van der Waals surface area contributed by atoms with Crippen LogP contribution in [0.15, 0.2) is 0 Å². The fourth-order valence-corrected chi connectivity index (χ4v) is 3.75. The Morgan fingerprint density at radius 3 is 2.67 bits per heavy atom. The van der Waals surface area contributed by atoms with Gasteiger partial charge < -0.3 is 4.90 Å². The second-order valence-corrected chi connectivity index (χ2v) is 7.93. The molecule has 2 N–H and O–H groups in total. The molecule has 0 saturated carbocycles. The van der Waals surface area contributed by atoms with Crippen LogP contribution in [0.3, 0.4) is 0 Å². The van der Waals surface area contributed by atoms with E-state index in [0.29, 0.717) is 17.9 Å². The number of urea groups is 1. The number of carbonyl (C=O) groups is 3. The molecule has 3 atom stereocenters. The van der Waals surface area contributed by atoms with Gasteiger partial charge in [-0.3, -0.25) is 24.6 Å². The maximum atomic E-state index is 12.5. The van der Waals surface area contributed by atoms with Gasteiger partial charge in [0.2, 0.25) is 5.91 Å². The lowest BCUT2D eigenvalue weighted by molar-refractivity contribution is -0.144. The van der Waals surface area contributed by atoms with Crippen LogP contribution in [-0.4, -0.2) is 71.5 Å². The number of amides is 4. The number of carbonyl (C=O) groups excluding carboxylic acids is 3. The Morgan fingerprint density at radius 1 is 1.41 bits per heavy atom. The zero-order valence-corrected chi connectivity index (χ0v) is 16.4. The van der Waals surface area contributed by atoms with Crippen molar-refractivity contribution >= 4 is 28.2 Å². The summed E-state index contributed by atoms with van der Waals surface area (Å²) in [6.45, 7) is 3.92. The van der Waals surface area contributed by atoms with Gasteiger partial charge in [0.15, 0.2) is 0 Å². The minimum absolute atomic E-state index is 0.0942. The lowest BCUT2D eigenvalue weighted by Crippen LogP contribution is -2.55. The predicted octanol–water partition coefficient (Wildman–Crippen LogP) is 0.305. The van der Waals surface area contributed by atoms with Crippen LogP contribution in [-0.2, 0) is 24.3 Å². The molecule has 2 heterocycles. The second-order valence-electron chi connectivity index (χ2n) is 6.93. The fourth-order valence-electron chi connectivity index (χ4n) is 3.36.